The largest absolute Gasteiger partial charge is 0.476 e. The van der Waals surface area contributed by atoms with Crippen molar-refractivity contribution in [3.05, 3.63) is 28.9 Å². The number of imidazole rings is 1. The summed E-state index contributed by atoms with van der Waals surface area (Å²) in [4.78, 5) is 20.4. The van der Waals surface area contributed by atoms with E-state index in [1.165, 1.54) is 15.9 Å². The van der Waals surface area contributed by atoms with Crippen molar-refractivity contribution in [1.82, 2.24) is 19.6 Å². The number of aryl methyl sites for hydroxylation is 1. The van der Waals surface area contributed by atoms with Gasteiger partial charge in [0.2, 0.25) is 0 Å². The molecule has 2 N–H and O–H groups in total. The van der Waals surface area contributed by atoms with E-state index >= 15 is 0 Å². The highest BCUT2D eigenvalue weighted by Gasteiger charge is 2.19. The molecular formula is C10H8N4O2S. The molecule has 3 aromatic rings. The minimum absolute atomic E-state index is 0.121. The number of carboxylic acids is 1. The predicted octanol–water partition coefficient (Wildman–Crippen LogP) is 1.79. The number of aromatic amines is 1. The Morgan fingerprint density at radius 2 is 2.35 bits per heavy atom. The topological polar surface area (TPSA) is 83.3 Å². The van der Waals surface area contributed by atoms with Crippen LogP contribution in [0.1, 0.15) is 16.2 Å². The summed E-state index contributed by atoms with van der Waals surface area (Å²) in [7, 11) is 0. The number of nitrogens with zero attached hydrogens (tertiary/aromatic N) is 3. The minimum Gasteiger partial charge on any atom is -0.476 e. The minimum atomic E-state index is -1.02. The van der Waals surface area contributed by atoms with Gasteiger partial charge in [0.1, 0.15) is 0 Å². The lowest BCUT2D eigenvalue weighted by atomic mass is 10.3. The van der Waals surface area contributed by atoms with Gasteiger partial charge in [-0.3, -0.25) is 5.10 Å². The molecule has 7 heteroatoms. The van der Waals surface area contributed by atoms with Crippen molar-refractivity contribution < 1.29 is 9.90 Å². The SMILES string of the molecule is Cc1nc2nc(-c3cccs3)[nH]n2c1C(=O)O. The summed E-state index contributed by atoms with van der Waals surface area (Å²) in [6.45, 7) is 1.65. The Balaban J connectivity index is 2.24. The second-order valence-electron chi connectivity index (χ2n) is 3.54. The number of carboxylic acid groups (broad SMARTS) is 1. The Morgan fingerprint density at radius 1 is 1.53 bits per heavy atom. The molecule has 0 bridgehead atoms. The molecule has 3 heterocycles. The van der Waals surface area contributed by atoms with Gasteiger partial charge in [-0.15, -0.1) is 11.3 Å². The molecule has 86 valence electrons. The summed E-state index contributed by atoms with van der Waals surface area (Å²) in [5.41, 5.74) is 0.573. The van der Waals surface area contributed by atoms with Gasteiger partial charge in [0.05, 0.1) is 10.6 Å². The highest BCUT2D eigenvalue weighted by atomic mass is 32.1. The van der Waals surface area contributed by atoms with Crippen molar-refractivity contribution in [3.8, 4) is 10.7 Å². The van der Waals surface area contributed by atoms with E-state index in [1.54, 1.807) is 6.92 Å². The molecule has 0 fully saturated rings. The molecule has 0 unspecified atom stereocenters. The van der Waals surface area contributed by atoms with E-state index in [-0.39, 0.29) is 5.69 Å². The maximum absolute atomic E-state index is 11.1. The Labute approximate surface area is 99.5 Å². The molecular weight excluding hydrogens is 240 g/mol. The predicted molar refractivity (Wildman–Crippen MR) is 62.3 cm³/mol. The second-order valence-corrected chi connectivity index (χ2v) is 4.48. The zero-order valence-electron chi connectivity index (χ0n) is 8.84. The Kier molecular flexibility index (Phi) is 2.02. The van der Waals surface area contributed by atoms with Crippen molar-refractivity contribution in [1.29, 1.82) is 0 Å². The number of hydrogen-bond acceptors (Lipinski definition) is 4. The zero-order chi connectivity index (χ0) is 12.0. The van der Waals surface area contributed by atoms with Crippen molar-refractivity contribution in [3.63, 3.8) is 0 Å². The third-order valence-corrected chi connectivity index (χ3v) is 3.30. The van der Waals surface area contributed by atoms with Crippen molar-refractivity contribution in [2.45, 2.75) is 6.92 Å². The number of nitrogens with one attached hydrogen (secondary N) is 1. The van der Waals surface area contributed by atoms with Gasteiger partial charge in [0.25, 0.3) is 5.78 Å². The number of fused-ring (bicyclic) bond motifs is 1. The van der Waals surface area contributed by atoms with E-state index in [2.05, 4.69) is 15.1 Å². The molecule has 6 nitrogen and oxygen atoms in total. The van der Waals surface area contributed by atoms with Gasteiger partial charge in [-0.2, -0.15) is 4.98 Å². The van der Waals surface area contributed by atoms with Crippen LogP contribution in [0.2, 0.25) is 0 Å². The molecule has 0 aromatic carbocycles. The second kappa shape index (κ2) is 3.42. The van der Waals surface area contributed by atoms with Crippen molar-refractivity contribution in [2.75, 3.05) is 0 Å². The summed E-state index contributed by atoms with van der Waals surface area (Å²) in [5, 5.41) is 14.0. The van der Waals surface area contributed by atoms with Gasteiger partial charge >= 0.3 is 5.97 Å². The van der Waals surface area contributed by atoms with Gasteiger partial charge in [-0.25, -0.2) is 14.3 Å². The van der Waals surface area contributed by atoms with Gasteiger partial charge in [-0.1, -0.05) is 6.07 Å². The van der Waals surface area contributed by atoms with Crippen LogP contribution >= 0.6 is 11.3 Å². The van der Waals surface area contributed by atoms with Crippen LogP contribution in [0.4, 0.5) is 0 Å². The summed E-state index contributed by atoms with van der Waals surface area (Å²) in [6, 6.07) is 3.82. The van der Waals surface area contributed by atoms with Gasteiger partial charge < -0.3 is 5.11 Å². The number of hydrogen-bond donors (Lipinski definition) is 2. The Hall–Kier alpha value is -2.15. The van der Waals surface area contributed by atoms with E-state index in [0.717, 1.165) is 4.88 Å². The number of rotatable bonds is 2. The molecule has 0 saturated carbocycles. The highest BCUT2D eigenvalue weighted by molar-refractivity contribution is 7.13. The zero-order valence-corrected chi connectivity index (χ0v) is 9.65. The first-order valence-corrected chi connectivity index (χ1v) is 5.77. The summed E-state index contributed by atoms with van der Waals surface area (Å²) < 4.78 is 1.40. The third-order valence-electron chi connectivity index (χ3n) is 2.42. The quantitative estimate of drug-likeness (QED) is 0.724. The molecule has 17 heavy (non-hydrogen) atoms. The van der Waals surface area contributed by atoms with Gasteiger partial charge in [0, 0.05) is 0 Å². The molecule has 0 amide bonds. The van der Waals surface area contributed by atoms with Crippen LogP contribution in [0.3, 0.4) is 0 Å². The number of carbonyl (C=O) groups is 1. The normalized spacial score (nSPS) is 11.1. The van der Waals surface area contributed by atoms with Crippen LogP contribution in [0.5, 0.6) is 0 Å². The standard InChI is InChI=1S/C10H8N4O2S/c1-5-7(9(15)16)14-10(11-5)12-8(13-14)6-3-2-4-17-6/h2-4H,1H3,(H,15,16)(H,11,12,13). The average Bonchev–Trinajstić information content (AvgIpc) is 2.88. The fourth-order valence-corrected chi connectivity index (χ4v) is 2.36. The lowest BCUT2D eigenvalue weighted by Crippen LogP contribution is -2.04. The van der Waals surface area contributed by atoms with Crippen LogP contribution < -0.4 is 0 Å². The lowest BCUT2D eigenvalue weighted by Gasteiger charge is -1.93. The number of H-pyrrole nitrogens is 1. The summed E-state index contributed by atoms with van der Waals surface area (Å²) in [6.07, 6.45) is 0. The Morgan fingerprint density at radius 3 is 3.00 bits per heavy atom. The summed E-state index contributed by atoms with van der Waals surface area (Å²) in [5.74, 6) is -0.00956. The molecule has 0 aliphatic rings. The van der Waals surface area contributed by atoms with Gasteiger partial charge in [-0.05, 0) is 18.4 Å². The maximum atomic E-state index is 11.1. The molecule has 0 radical (unpaired) electrons. The smallest absolute Gasteiger partial charge is 0.356 e. The molecule has 0 aliphatic heterocycles. The molecule has 0 atom stereocenters. The van der Waals surface area contributed by atoms with Gasteiger partial charge in [0.15, 0.2) is 11.5 Å². The monoisotopic (exact) mass is 248 g/mol. The highest BCUT2D eigenvalue weighted by Crippen LogP contribution is 2.22. The fourth-order valence-electron chi connectivity index (χ4n) is 1.70. The molecule has 0 aliphatic carbocycles. The number of aromatic nitrogens is 4. The van der Waals surface area contributed by atoms with E-state index in [0.29, 0.717) is 17.3 Å². The van der Waals surface area contributed by atoms with E-state index in [9.17, 15) is 4.79 Å². The average molecular weight is 248 g/mol. The molecule has 3 aromatic heterocycles. The fraction of sp³-hybridized carbons (Fsp3) is 0.100. The Bertz CT molecular complexity index is 695. The molecule has 0 spiro atoms. The van der Waals surface area contributed by atoms with Crippen LogP contribution in [0.25, 0.3) is 16.5 Å². The van der Waals surface area contributed by atoms with E-state index in [1.807, 2.05) is 17.5 Å². The number of thiophene rings is 1. The third kappa shape index (κ3) is 1.43. The van der Waals surface area contributed by atoms with Crippen LogP contribution in [0.15, 0.2) is 17.5 Å². The first-order valence-electron chi connectivity index (χ1n) is 4.89. The molecule has 0 saturated heterocycles. The first-order chi connectivity index (χ1) is 8.16. The van der Waals surface area contributed by atoms with Crippen molar-refractivity contribution in [2.24, 2.45) is 0 Å². The van der Waals surface area contributed by atoms with Crippen LogP contribution in [-0.2, 0) is 0 Å². The number of aromatic carboxylic acids is 1. The van der Waals surface area contributed by atoms with E-state index in [4.69, 9.17) is 5.11 Å². The summed E-state index contributed by atoms with van der Waals surface area (Å²) >= 11 is 1.53. The lowest BCUT2D eigenvalue weighted by molar-refractivity contribution is 0.0687. The van der Waals surface area contributed by atoms with Crippen LogP contribution in [-0.4, -0.2) is 30.7 Å². The first kappa shape index (κ1) is 10.0. The van der Waals surface area contributed by atoms with E-state index < -0.39 is 5.97 Å². The maximum Gasteiger partial charge on any atom is 0.356 e. The molecule has 3 rings (SSSR count). The van der Waals surface area contributed by atoms with Crippen molar-refractivity contribution >= 4 is 23.1 Å². The van der Waals surface area contributed by atoms with Crippen LogP contribution in [0, 0.1) is 6.92 Å².